The van der Waals surface area contributed by atoms with E-state index < -0.39 is 21.8 Å². The fraction of sp³-hybridized carbons (Fsp3) is 0.333. The van der Waals surface area contributed by atoms with Crippen molar-refractivity contribution in [3.63, 3.8) is 0 Å². The lowest BCUT2D eigenvalue weighted by molar-refractivity contribution is 0.0254. The van der Waals surface area contributed by atoms with Crippen LogP contribution >= 0.6 is 13.5 Å². The minimum Gasteiger partial charge on any atom is -0.376 e. The van der Waals surface area contributed by atoms with Gasteiger partial charge in [-0.1, -0.05) is 12.1 Å². The molecule has 152 valence electrons. The second-order valence-corrected chi connectivity index (χ2v) is 8.12. The summed E-state index contributed by atoms with van der Waals surface area (Å²) in [5, 5.41) is 3.19. The van der Waals surface area contributed by atoms with E-state index in [-0.39, 0.29) is 43.2 Å². The highest BCUT2D eigenvalue weighted by molar-refractivity contribution is 7.95. The number of anilines is 3. The van der Waals surface area contributed by atoms with Gasteiger partial charge in [0.1, 0.15) is 11.6 Å². The molecule has 2 aliphatic heterocycles. The summed E-state index contributed by atoms with van der Waals surface area (Å²) in [7, 11) is -4.10. The number of benzene rings is 2. The summed E-state index contributed by atoms with van der Waals surface area (Å²) in [5.41, 5.74) is 0.328. The zero-order valence-electron chi connectivity index (χ0n) is 14.9. The topological polar surface area (TPSA) is 61.9 Å². The summed E-state index contributed by atoms with van der Waals surface area (Å²) >= 11 is 0. The molecule has 0 amide bonds. The molecule has 2 aromatic rings. The smallest absolute Gasteiger partial charge is 0.331 e. The van der Waals surface area contributed by atoms with Crippen molar-refractivity contribution in [3.05, 3.63) is 54.1 Å². The van der Waals surface area contributed by atoms with Gasteiger partial charge in [0.2, 0.25) is 0 Å². The van der Waals surface area contributed by atoms with Crippen LogP contribution in [0.15, 0.2) is 42.5 Å². The molecule has 4 rings (SSSR count). The van der Waals surface area contributed by atoms with Crippen molar-refractivity contribution in [3.8, 4) is 0 Å². The van der Waals surface area contributed by atoms with E-state index in [1.165, 1.54) is 30.3 Å². The Bertz CT molecular complexity index is 953. The maximum Gasteiger partial charge on any atom is 0.331 e. The number of nitrogens with zero attached hydrogens (tertiary/aromatic N) is 2. The van der Waals surface area contributed by atoms with Crippen molar-refractivity contribution in [1.29, 1.82) is 0 Å². The average molecular weight is 430 g/mol. The van der Waals surface area contributed by atoms with Crippen LogP contribution in [-0.4, -0.2) is 40.8 Å². The van der Waals surface area contributed by atoms with Crippen molar-refractivity contribution in [1.82, 2.24) is 5.32 Å². The number of ether oxygens (including phenoxy) is 1. The van der Waals surface area contributed by atoms with E-state index in [1.807, 2.05) is 0 Å². The quantitative estimate of drug-likeness (QED) is 0.812. The van der Waals surface area contributed by atoms with Gasteiger partial charge in [0.15, 0.2) is 0 Å². The molecule has 2 aromatic carbocycles. The predicted octanol–water partition coefficient (Wildman–Crippen LogP) is 2.66. The molecule has 10 heteroatoms. The maximum atomic E-state index is 14.3. The van der Waals surface area contributed by atoms with Crippen LogP contribution in [0.2, 0.25) is 0 Å². The van der Waals surface area contributed by atoms with Crippen molar-refractivity contribution in [2.45, 2.75) is 12.5 Å². The Morgan fingerprint density at radius 3 is 2.61 bits per heavy atom. The average Bonchev–Trinajstić information content (AvgIpc) is 2.87. The third-order valence-corrected chi connectivity index (χ3v) is 6.46. The third-order valence-electron chi connectivity index (χ3n) is 4.66. The normalized spacial score (nSPS) is 20.6. The monoisotopic (exact) mass is 429 g/mol. The SMILES string of the molecule is O=S1(=O)N(CC[C@H]2CNCCO2)c2cc(F)ccc2N1c1ccccc1F.S. The van der Waals surface area contributed by atoms with Crippen molar-refractivity contribution in [2.24, 2.45) is 0 Å². The number of morpholine rings is 1. The second kappa shape index (κ2) is 8.24. The van der Waals surface area contributed by atoms with Crippen LogP contribution in [0.4, 0.5) is 25.8 Å². The first kappa shape index (κ1) is 20.8. The number of halogens is 2. The number of fused-ring (bicyclic) bond motifs is 1. The molecule has 28 heavy (non-hydrogen) atoms. The number of hydrogen-bond acceptors (Lipinski definition) is 4. The zero-order chi connectivity index (χ0) is 19.0. The lowest BCUT2D eigenvalue weighted by atomic mass is 10.2. The molecule has 1 atom stereocenters. The summed E-state index contributed by atoms with van der Waals surface area (Å²) in [6, 6.07) is 9.30. The molecule has 1 fully saturated rings. The molecule has 0 bridgehead atoms. The summed E-state index contributed by atoms with van der Waals surface area (Å²) in [5.74, 6) is -1.22. The van der Waals surface area contributed by atoms with Gasteiger partial charge < -0.3 is 10.1 Å². The van der Waals surface area contributed by atoms with Crippen molar-refractivity contribution < 1.29 is 21.9 Å². The molecule has 0 spiro atoms. The van der Waals surface area contributed by atoms with Crippen LogP contribution in [0.1, 0.15) is 6.42 Å². The first-order valence-electron chi connectivity index (χ1n) is 8.68. The fourth-order valence-corrected chi connectivity index (χ4v) is 5.12. The highest BCUT2D eigenvalue weighted by Crippen LogP contribution is 2.46. The highest BCUT2D eigenvalue weighted by atomic mass is 32.2. The molecular weight excluding hydrogens is 408 g/mol. The minimum absolute atomic E-state index is 0. The predicted molar refractivity (Wildman–Crippen MR) is 109 cm³/mol. The van der Waals surface area contributed by atoms with E-state index in [1.54, 1.807) is 6.07 Å². The molecule has 0 unspecified atom stereocenters. The van der Waals surface area contributed by atoms with Gasteiger partial charge in [-0.25, -0.2) is 13.1 Å². The van der Waals surface area contributed by atoms with Crippen LogP contribution in [0.3, 0.4) is 0 Å². The number of nitrogens with one attached hydrogen (secondary N) is 1. The summed E-state index contributed by atoms with van der Waals surface area (Å²) in [6.07, 6.45) is 0.307. The van der Waals surface area contributed by atoms with E-state index in [4.69, 9.17) is 4.74 Å². The molecular formula is C18H21F2N3O3S2. The lowest BCUT2D eigenvalue weighted by Crippen LogP contribution is -2.42. The Balaban J connectivity index is 0.00000225. The second-order valence-electron chi connectivity index (χ2n) is 6.41. The van der Waals surface area contributed by atoms with E-state index in [9.17, 15) is 17.2 Å². The van der Waals surface area contributed by atoms with Gasteiger partial charge in [-0.15, -0.1) is 0 Å². The first-order valence-corrected chi connectivity index (χ1v) is 10.1. The van der Waals surface area contributed by atoms with Crippen LogP contribution < -0.4 is 13.9 Å². The maximum absolute atomic E-state index is 14.3. The van der Waals surface area contributed by atoms with Crippen LogP contribution in [0, 0.1) is 11.6 Å². The number of rotatable bonds is 4. The molecule has 0 aliphatic carbocycles. The van der Waals surface area contributed by atoms with E-state index in [0.717, 1.165) is 21.2 Å². The standard InChI is InChI=1S/C18H19F2N3O3S.H2S/c19-13-5-6-17-18(11-13)22(9-7-14-12-21-8-10-26-14)27(24,25)23(17)16-4-2-1-3-15(16)20;/h1-6,11,14,21H,7-10,12H2;1H2/t14-;/m0./s1. The Kier molecular flexibility index (Phi) is 6.13. The van der Waals surface area contributed by atoms with Gasteiger partial charge in [0.25, 0.3) is 0 Å². The molecule has 1 N–H and O–H groups in total. The van der Waals surface area contributed by atoms with Gasteiger partial charge >= 0.3 is 10.2 Å². The Hall–Kier alpha value is -1.88. The number of para-hydroxylation sites is 1. The van der Waals surface area contributed by atoms with E-state index in [2.05, 4.69) is 5.32 Å². The molecule has 0 saturated carbocycles. The highest BCUT2D eigenvalue weighted by Gasteiger charge is 2.42. The van der Waals surface area contributed by atoms with Gasteiger partial charge in [0, 0.05) is 25.7 Å². The molecule has 2 aliphatic rings. The number of hydrogen-bond donors (Lipinski definition) is 1. The van der Waals surface area contributed by atoms with Gasteiger partial charge in [-0.05, 0) is 30.7 Å². The molecule has 0 radical (unpaired) electrons. The Morgan fingerprint density at radius 2 is 1.89 bits per heavy atom. The lowest BCUT2D eigenvalue weighted by Gasteiger charge is -2.26. The molecule has 6 nitrogen and oxygen atoms in total. The van der Waals surface area contributed by atoms with Crippen LogP contribution in [0.25, 0.3) is 0 Å². The van der Waals surface area contributed by atoms with Crippen molar-refractivity contribution >= 4 is 40.8 Å². The van der Waals surface area contributed by atoms with Crippen LogP contribution in [0.5, 0.6) is 0 Å². The molecule has 1 saturated heterocycles. The van der Waals surface area contributed by atoms with Gasteiger partial charge in [-0.3, -0.25) is 4.31 Å². The largest absolute Gasteiger partial charge is 0.376 e. The Labute approximate surface area is 169 Å². The molecule has 0 aromatic heterocycles. The summed E-state index contributed by atoms with van der Waals surface area (Å²) in [6.45, 7) is 2.05. The Morgan fingerprint density at radius 1 is 1.11 bits per heavy atom. The van der Waals surface area contributed by atoms with Crippen LogP contribution in [-0.2, 0) is 14.9 Å². The van der Waals surface area contributed by atoms with E-state index in [0.29, 0.717) is 19.6 Å². The first-order chi connectivity index (χ1) is 13.0. The van der Waals surface area contributed by atoms with Crippen molar-refractivity contribution in [2.75, 3.05) is 34.9 Å². The third kappa shape index (κ3) is 3.69. The summed E-state index contributed by atoms with van der Waals surface area (Å²) < 4.78 is 62.2. The van der Waals surface area contributed by atoms with Gasteiger partial charge in [0.05, 0.1) is 29.8 Å². The molecule has 2 heterocycles. The zero-order valence-corrected chi connectivity index (χ0v) is 16.8. The minimum atomic E-state index is -4.10. The van der Waals surface area contributed by atoms with E-state index >= 15 is 0 Å². The fourth-order valence-electron chi connectivity index (χ4n) is 3.39. The summed E-state index contributed by atoms with van der Waals surface area (Å²) in [4.78, 5) is 0. The van der Waals surface area contributed by atoms with Gasteiger partial charge in [-0.2, -0.15) is 21.9 Å².